The molecule has 98 valence electrons. The summed E-state index contributed by atoms with van der Waals surface area (Å²) in [6.07, 6.45) is 1.48. The summed E-state index contributed by atoms with van der Waals surface area (Å²) in [5.74, 6) is -0.957. The maximum absolute atomic E-state index is 12.2. The normalized spacial score (nSPS) is 12.3. The maximum Gasteiger partial charge on any atom is 0.230 e. The van der Waals surface area contributed by atoms with Gasteiger partial charge in [-0.25, -0.2) is 0 Å². The van der Waals surface area contributed by atoms with Crippen molar-refractivity contribution in [2.45, 2.75) is 46.6 Å². The number of carbonyl (C=O) groups excluding carboxylic acids is 2. The molecule has 3 nitrogen and oxygen atoms in total. The molecule has 0 bridgehead atoms. The van der Waals surface area contributed by atoms with E-state index in [2.05, 4.69) is 0 Å². The number of ketones is 2. The van der Waals surface area contributed by atoms with E-state index in [1.807, 2.05) is 32.9 Å². The van der Waals surface area contributed by atoms with E-state index >= 15 is 0 Å². The van der Waals surface area contributed by atoms with Gasteiger partial charge in [0.1, 0.15) is 0 Å². The molecule has 1 rings (SSSR count). The smallest absolute Gasteiger partial charge is 0.230 e. The lowest BCUT2D eigenvalue weighted by molar-refractivity contribution is -0.115. The highest BCUT2D eigenvalue weighted by atomic mass is 16.2. The molecule has 18 heavy (non-hydrogen) atoms. The first-order valence-corrected chi connectivity index (χ1v) is 6.38. The Hall–Kier alpha value is -1.48. The summed E-state index contributed by atoms with van der Waals surface area (Å²) in [4.78, 5) is 24.0. The standard InChI is InChI=1S/C15H21NO2/c1-5-11-7-9(3)8-12(6-2)13(11)15(18)14(17)10(4)16/h7-8,10H,5-6,16H2,1-4H3. The highest BCUT2D eigenvalue weighted by Crippen LogP contribution is 2.20. The Morgan fingerprint density at radius 3 is 1.94 bits per heavy atom. The third-order valence-electron chi connectivity index (χ3n) is 3.07. The third-order valence-corrected chi connectivity index (χ3v) is 3.07. The minimum Gasteiger partial charge on any atom is -0.321 e. The zero-order valence-corrected chi connectivity index (χ0v) is 11.5. The second kappa shape index (κ2) is 5.91. The van der Waals surface area contributed by atoms with Crippen molar-refractivity contribution in [1.82, 2.24) is 0 Å². The first kappa shape index (κ1) is 14.6. The summed E-state index contributed by atoms with van der Waals surface area (Å²) in [6, 6.07) is 3.20. The zero-order chi connectivity index (χ0) is 13.9. The van der Waals surface area contributed by atoms with Gasteiger partial charge in [-0.05, 0) is 37.8 Å². The number of nitrogens with two attached hydrogens (primary N) is 1. The van der Waals surface area contributed by atoms with Crippen molar-refractivity contribution in [3.63, 3.8) is 0 Å². The number of aryl methyl sites for hydroxylation is 3. The Labute approximate surface area is 108 Å². The molecule has 0 heterocycles. The molecule has 0 saturated heterocycles. The molecular weight excluding hydrogens is 226 g/mol. The number of carbonyl (C=O) groups is 2. The molecule has 0 spiro atoms. The minimum atomic E-state index is -0.742. The molecule has 0 fully saturated rings. The van der Waals surface area contributed by atoms with E-state index in [4.69, 9.17) is 5.73 Å². The summed E-state index contributed by atoms with van der Waals surface area (Å²) in [5.41, 5.74) is 9.07. The molecule has 1 atom stereocenters. The highest BCUT2D eigenvalue weighted by molar-refractivity contribution is 6.45. The van der Waals surface area contributed by atoms with Gasteiger partial charge in [0.05, 0.1) is 6.04 Å². The summed E-state index contributed by atoms with van der Waals surface area (Å²) in [5, 5.41) is 0. The number of Topliss-reactive ketones (excluding diaryl/α,β-unsaturated/α-hetero) is 2. The lowest BCUT2D eigenvalue weighted by Crippen LogP contribution is -2.34. The lowest BCUT2D eigenvalue weighted by atomic mass is 9.90. The number of hydrogen-bond donors (Lipinski definition) is 1. The van der Waals surface area contributed by atoms with Crippen LogP contribution in [0, 0.1) is 6.92 Å². The molecule has 1 unspecified atom stereocenters. The fraction of sp³-hybridized carbons (Fsp3) is 0.467. The van der Waals surface area contributed by atoms with E-state index in [1.165, 1.54) is 0 Å². The Bertz CT molecular complexity index is 450. The van der Waals surface area contributed by atoms with Gasteiger partial charge >= 0.3 is 0 Å². The first-order chi connectivity index (χ1) is 8.42. The van der Waals surface area contributed by atoms with Crippen molar-refractivity contribution in [2.75, 3.05) is 0 Å². The van der Waals surface area contributed by atoms with Crippen LogP contribution < -0.4 is 5.73 Å². The average molecular weight is 247 g/mol. The molecule has 0 saturated carbocycles. The van der Waals surface area contributed by atoms with E-state index in [9.17, 15) is 9.59 Å². The van der Waals surface area contributed by atoms with Crippen LogP contribution in [0.2, 0.25) is 0 Å². The van der Waals surface area contributed by atoms with Crippen LogP contribution in [0.5, 0.6) is 0 Å². The highest BCUT2D eigenvalue weighted by Gasteiger charge is 2.24. The topological polar surface area (TPSA) is 60.2 Å². The van der Waals surface area contributed by atoms with Gasteiger partial charge in [-0.3, -0.25) is 9.59 Å². The van der Waals surface area contributed by atoms with E-state index in [1.54, 1.807) is 6.92 Å². The van der Waals surface area contributed by atoms with Gasteiger partial charge in [0.2, 0.25) is 11.6 Å². The molecule has 2 N–H and O–H groups in total. The second-order valence-electron chi connectivity index (χ2n) is 4.65. The number of rotatable bonds is 5. The summed E-state index contributed by atoms with van der Waals surface area (Å²) < 4.78 is 0. The largest absolute Gasteiger partial charge is 0.321 e. The zero-order valence-electron chi connectivity index (χ0n) is 11.5. The Balaban J connectivity index is 3.38. The molecule has 3 heteroatoms. The van der Waals surface area contributed by atoms with Crippen LogP contribution in [0.4, 0.5) is 0 Å². The van der Waals surface area contributed by atoms with Crippen LogP contribution in [0.15, 0.2) is 12.1 Å². The SMILES string of the molecule is CCc1cc(C)cc(CC)c1C(=O)C(=O)C(C)N. The van der Waals surface area contributed by atoms with Gasteiger partial charge in [0, 0.05) is 5.56 Å². The Kier molecular flexibility index (Phi) is 4.79. The second-order valence-corrected chi connectivity index (χ2v) is 4.65. The van der Waals surface area contributed by atoms with Crippen LogP contribution >= 0.6 is 0 Å². The van der Waals surface area contributed by atoms with Gasteiger partial charge in [0.15, 0.2) is 0 Å². The number of hydrogen-bond acceptors (Lipinski definition) is 3. The molecule has 0 aliphatic carbocycles. The molecule has 0 amide bonds. The monoisotopic (exact) mass is 247 g/mol. The molecule has 1 aromatic rings. The summed E-state index contributed by atoms with van der Waals surface area (Å²) in [7, 11) is 0. The van der Waals surface area contributed by atoms with Crippen molar-refractivity contribution in [3.05, 3.63) is 34.4 Å². The van der Waals surface area contributed by atoms with Crippen molar-refractivity contribution < 1.29 is 9.59 Å². The maximum atomic E-state index is 12.2. The Morgan fingerprint density at radius 2 is 1.61 bits per heavy atom. The minimum absolute atomic E-state index is 0.446. The third kappa shape index (κ3) is 2.85. The van der Waals surface area contributed by atoms with Gasteiger partial charge in [0.25, 0.3) is 0 Å². The Morgan fingerprint density at radius 1 is 1.17 bits per heavy atom. The predicted octanol–water partition coefficient (Wildman–Crippen LogP) is 2.22. The van der Waals surface area contributed by atoms with Gasteiger partial charge < -0.3 is 5.73 Å². The van der Waals surface area contributed by atoms with Crippen molar-refractivity contribution in [3.8, 4) is 0 Å². The van der Waals surface area contributed by atoms with Gasteiger partial charge in [-0.2, -0.15) is 0 Å². The molecule has 0 aliphatic heterocycles. The van der Waals surface area contributed by atoms with Gasteiger partial charge in [-0.1, -0.05) is 31.5 Å². The summed E-state index contributed by atoms with van der Waals surface area (Å²) in [6.45, 7) is 7.52. The molecule has 0 aromatic heterocycles. The van der Waals surface area contributed by atoms with E-state index in [0.717, 1.165) is 29.5 Å². The molecule has 1 aromatic carbocycles. The van der Waals surface area contributed by atoms with E-state index in [-0.39, 0.29) is 0 Å². The van der Waals surface area contributed by atoms with Crippen LogP contribution in [0.3, 0.4) is 0 Å². The molecule has 0 radical (unpaired) electrons. The van der Waals surface area contributed by atoms with E-state index < -0.39 is 17.6 Å². The van der Waals surface area contributed by atoms with Crippen LogP contribution in [0.1, 0.15) is 47.8 Å². The van der Waals surface area contributed by atoms with Crippen LogP contribution in [0.25, 0.3) is 0 Å². The molecule has 0 aliphatic rings. The predicted molar refractivity (Wildman–Crippen MR) is 72.9 cm³/mol. The van der Waals surface area contributed by atoms with Crippen molar-refractivity contribution in [1.29, 1.82) is 0 Å². The molecular formula is C15H21NO2. The fourth-order valence-corrected chi connectivity index (χ4v) is 2.12. The van der Waals surface area contributed by atoms with Crippen LogP contribution in [-0.4, -0.2) is 17.6 Å². The van der Waals surface area contributed by atoms with Crippen molar-refractivity contribution >= 4 is 11.6 Å². The van der Waals surface area contributed by atoms with E-state index in [0.29, 0.717) is 5.56 Å². The summed E-state index contributed by atoms with van der Waals surface area (Å²) >= 11 is 0. The van der Waals surface area contributed by atoms with Crippen LogP contribution in [-0.2, 0) is 17.6 Å². The number of benzene rings is 1. The fourth-order valence-electron chi connectivity index (χ4n) is 2.12. The van der Waals surface area contributed by atoms with Crippen molar-refractivity contribution in [2.24, 2.45) is 5.73 Å². The average Bonchev–Trinajstić information content (AvgIpc) is 2.35. The quantitative estimate of drug-likeness (QED) is 0.641. The lowest BCUT2D eigenvalue weighted by Gasteiger charge is -2.14. The first-order valence-electron chi connectivity index (χ1n) is 6.38. The van der Waals surface area contributed by atoms with Gasteiger partial charge in [-0.15, -0.1) is 0 Å².